The standard InChI is InChI=1S/C13H19N5O2S/c1-8-11-12(17(2)16-8)15-13(21-11)14-9-6-10(19)18(7-9)4-5-20-3/h9H,4-7H2,1-3H3,(H,14,15)/t9-/m0/s1. The lowest BCUT2D eigenvalue weighted by atomic mass is 10.3. The second kappa shape index (κ2) is 5.61. The molecule has 114 valence electrons. The van der Waals surface area contributed by atoms with Crippen LogP contribution in [0.1, 0.15) is 12.1 Å². The van der Waals surface area contributed by atoms with E-state index in [0.717, 1.165) is 21.2 Å². The molecule has 1 saturated heterocycles. The Morgan fingerprint density at radius 2 is 2.33 bits per heavy atom. The van der Waals surface area contributed by atoms with Crippen molar-refractivity contribution in [2.75, 3.05) is 32.1 Å². The summed E-state index contributed by atoms with van der Waals surface area (Å²) < 4.78 is 7.91. The fraction of sp³-hybridized carbons (Fsp3) is 0.615. The van der Waals surface area contributed by atoms with Crippen LogP contribution in [0.3, 0.4) is 0 Å². The van der Waals surface area contributed by atoms with E-state index in [9.17, 15) is 4.79 Å². The first-order valence-electron chi connectivity index (χ1n) is 6.92. The van der Waals surface area contributed by atoms with Gasteiger partial charge in [-0.25, -0.2) is 9.67 Å². The molecule has 1 aliphatic heterocycles. The molecule has 0 saturated carbocycles. The van der Waals surface area contributed by atoms with E-state index >= 15 is 0 Å². The number of likely N-dealkylation sites (tertiary alicyclic amines) is 1. The first kappa shape index (κ1) is 14.3. The van der Waals surface area contributed by atoms with Crippen LogP contribution >= 0.6 is 11.3 Å². The molecular formula is C13H19N5O2S. The van der Waals surface area contributed by atoms with E-state index in [4.69, 9.17) is 4.74 Å². The lowest BCUT2D eigenvalue weighted by Crippen LogP contribution is -2.30. The molecule has 0 radical (unpaired) electrons. The molecule has 0 bridgehead atoms. The summed E-state index contributed by atoms with van der Waals surface area (Å²) in [5, 5.41) is 8.57. The topological polar surface area (TPSA) is 72.3 Å². The van der Waals surface area contributed by atoms with E-state index in [1.54, 1.807) is 23.1 Å². The van der Waals surface area contributed by atoms with E-state index in [-0.39, 0.29) is 11.9 Å². The van der Waals surface area contributed by atoms with Gasteiger partial charge >= 0.3 is 0 Å². The Kier molecular flexibility index (Phi) is 3.81. The number of amides is 1. The molecule has 1 fully saturated rings. The molecule has 1 atom stereocenters. The molecule has 8 heteroatoms. The average Bonchev–Trinajstić information content (AvgIpc) is 3.07. The van der Waals surface area contributed by atoms with Gasteiger partial charge in [0.05, 0.1) is 23.0 Å². The number of fused-ring (bicyclic) bond motifs is 1. The number of nitrogens with one attached hydrogen (secondary N) is 1. The number of thiazole rings is 1. The molecule has 0 spiro atoms. The van der Waals surface area contributed by atoms with E-state index < -0.39 is 0 Å². The smallest absolute Gasteiger partial charge is 0.224 e. The van der Waals surface area contributed by atoms with Crippen LogP contribution in [0.5, 0.6) is 0 Å². The van der Waals surface area contributed by atoms with Crippen LogP contribution in [0.4, 0.5) is 5.13 Å². The van der Waals surface area contributed by atoms with Crippen LogP contribution in [0.25, 0.3) is 10.3 Å². The third kappa shape index (κ3) is 2.73. The number of rotatable bonds is 5. The number of hydrogen-bond acceptors (Lipinski definition) is 6. The van der Waals surface area contributed by atoms with Crippen molar-refractivity contribution in [3.05, 3.63) is 5.69 Å². The highest BCUT2D eigenvalue weighted by atomic mass is 32.1. The van der Waals surface area contributed by atoms with Gasteiger partial charge in [0.15, 0.2) is 10.8 Å². The fourth-order valence-corrected chi connectivity index (χ4v) is 3.62. The first-order valence-corrected chi connectivity index (χ1v) is 7.73. The number of aryl methyl sites for hydroxylation is 2. The molecule has 0 aliphatic carbocycles. The molecule has 0 unspecified atom stereocenters. The molecule has 0 aromatic carbocycles. The number of hydrogen-bond donors (Lipinski definition) is 1. The Hall–Kier alpha value is -1.67. The van der Waals surface area contributed by atoms with Gasteiger partial charge in [-0.05, 0) is 6.92 Å². The highest BCUT2D eigenvalue weighted by molar-refractivity contribution is 7.22. The highest BCUT2D eigenvalue weighted by Crippen LogP contribution is 2.29. The van der Waals surface area contributed by atoms with Gasteiger partial charge in [0.1, 0.15) is 0 Å². The van der Waals surface area contributed by atoms with Gasteiger partial charge < -0.3 is 15.0 Å². The minimum Gasteiger partial charge on any atom is -0.383 e. The first-order chi connectivity index (χ1) is 10.1. The Morgan fingerprint density at radius 1 is 1.52 bits per heavy atom. The van der Waals surface area contributed by atoms with Gasteiger partial charge in [0.2, 0.25) is 5.91 Å². The van der Waals surface area contributed by atoms with Crippen molar-refractivity contribution >= 4 is 32.7 Å². The van der Waals surface area contributed by atoms with Crippen molar-refractivity contribution in [1.29, 1.82) is 0 Å². The maximum Gasteiger partial charge on any atom is 0.224 e. The SMILES string of the molecule is COCCN1C[C@@H](Nc2nc3c(s2)c(C)nn3C)CC1=O. The minimum absolute atomic E-state index is 0.114. The van der Waals surface area contributed by atoms with Crippen molar-refractivity contribution in [2.24, 2.45) is 7.05 Å². The number of methoxy groups -OCH3 is 1. The van der Waals surface area contributed by atoms with Crippen molar-refractivity contribution in [3.63, 3.8) is 0 Å². The number of aromatic nitrogens is 3. The Balaban J connectivity index is 1.68. The summed E-state index contributed by atoms with van der Waals surface area (Å²) in [4.78, 5) is 18.3. The van der Waals surface area contributed by atoms with Gasteiger partial charge in [-0.2, -0.15) is 5.10 Å². The van der Waals surface area contributed by atoms with E-state index in [2.05, 4.69) is 15.4 Å². The molecule has 1 N–H and O–H groups in total. The monoisotopic (exact) mass is 309 g/mol. The number of carbonyl (C=O) groups excluding carboxylic acids is 1. The predicted molar refractivity (Wildman–Crippen MR) is 81.6 cm³/mol. The van der Waals surface area contributed by atoms with E-state index in [0.29, 0.717) is 26.1 Å². The van der Waals surface area contributed by atoms with Gasteiger partial charge in [-0.1, -0.05) is 11.3 Å². The second-order valence-corrected chi connectivity index (χ2v) is 6.26. The van der Waals surface area contributed by atoms with Gasteiger partial charge in [-0.3, -0.25) is 4.79 Å². The Morgan fingerprint density at radius 3 is 3.05 bits per heavy atom. The van der Waals surface area contributed by atoms with Crippen molar-refractivity contribution < 1.29 is 9.53 Å². The highest BCUT2D eigenvalue weighted by Gasteiger charge is 2.29. The summed E-state index contributed by atoms with van der Waals surface area (Å²) >= 11 is 1.59. The van der Waals surface area contributed by atoms with Crippen LogP contribution in [-0.2, 0) is 16.6 Å². The summed E-state index contributed by atoms with van der Waals surface area (Å²) in [6, 6.07) is 0.114. The van der Waals surface area contributed by atoms with Crippen LogP contribution < -0.4 is 5.32 Å². The van der Waals surface area contributed by atoms with Gasteiger partial charge in [-0.15, -0.1) is 0 Å². The molecule has 2 aromatic heterocycles. The maximum absolute atomic E-state index is 11.9. The zero-order chi connectivity index (χ0) is 15.0. The minimum atomic E-state index is 0.114. The molecule has 3 rings (SSSR count). The zero-order valence-corrected chi connectivity index (χ0v) is 13.2. The van der Waals surface area contributed by atoms with E-state index in [1.807, 2.05) is 18.9 Å². The normalized spacial score (nSPS) is 18.9. The number of ether oxygens (including phenoxy) is 1. The van der Waals surface area contributed by atoms with Crippen LogP contribution in [-0.4, -0.2) is 58.4 Å². The molecular weight excluding hydrogens is 290 g/mol. The average molecular weight is 309 g/mol. The number of nitrogens with zero attached hydrogens (tertiary/aromatic N) is 4. The summed E-state index contributed by atoms with van der Waals surface area (Å²) in [5.74, 6) is 0.170. The quantitative estimate of drug-likeness (QED) is 0.892. The predicted octanol–water partition coefficient (Wildman–Crippen LogP) is 0.997. The Labute approximate surface area is 126 Å². The molecule has 21 heavy (non-hydrogen) atoms. The fourth-order valence-electron chi connectivity index (χ4n) is 2.61. The third-order valence-corrected chi connectivity index (χ3v) is 4.74. The third-order valence-electron chi connectivity index (χ3n) is 3.65. The van der Waals surface area contributed by atoms with Crippen molar-refractivity contribution in [3.8, 4) is 0 Å². The Bertz CT molecular complexity index is 630. The molecule has 3 heterocycles. The zero-order valence-electron chi connectivity index (χ0n) is 12.4. The lowest BCUT2D eigenvalue weighted by Gasteiger charge is -2.16. The van der Waals surface area contributed by atoms with Crippen LogP contribution in [0, 0.1) is 6.92 Å². The van der Waals surface area contributed by atoms with Crippen LogP contribution in [0.15, 0.2) is 0 Å². The largest absolute Gasteiger partial charge is 0.383 e. The van der Waals surface area contributed by atoms with Gasteiger partial charge in [0.25, 0.3) is 0 Å². The molecule has 1 aliphatic rings. The van der Waals surface area contributed by atoms with Gasteiger partial charge in [0, 0.05) is 33.7 Å². The van der Waals surface area contributed by atoms with Crippen molar-refractivity contribution in [1.82, 2.24) is 19.7 Å². The summed E-state index contributed by atoms with van der Waals surface area (Å²) in [6.07, 6.45) is 0.511. The van der Waals surface area contributed by atoms with Crippen LogP contribution in [0.2, 0.25) is 0 Å². The molecule has 2 aromatic rings. The number of carbonyl (C=O) groups is 1. The number of anilines is 1. The molecule has 1 amide bonds. The summed E-state index contributed by atoms with van der Waals surface area (Å²) in [5.41, 5.74) is 1.88. The summed E-state index contributed by atoms with van der Waals surface area (Å²) in [7, 11) is 3.54. The van der Waals surface area contributed by atoms with Crippen molar-refractivity contribution in [2.45, 2.75) is 19.4 Å². The summed E-state index contributed by atoms with van der Waals surface area (Å²) in [6.45, 7) is 3.91. The van der Waals surface area contributed by atoms with E-state index in [1.165, 1.54) is 0 Å². The lowest BCUT2D eigenvalue weighted by molar-refractivity contribution is -0.128. The second-order valence-electron chi connectivity index (χ2n) is 5.26. The molecule has 7 nitrogen and oxygen atoms in total. The maximum atomic E-state index is 11.9.